The summed E-state index contributed by atoms with van der Waals surface area (Å²) in [5, 5.41) is 11.8. The summed E-state index contributed by atoms with van der Waals surface area (Å²) >= 11 is 0. The van der Waals surface area contributed by atoms with Crippen LogP contribution in [0.25, 0.3) is 0 Å². The first kappa shape index (κ1) is 24.8. The van der Waals surface area contributed by atoms with Crippen LogP contribution in [0.5, 0.6) is 11.5 Å². The summed E-state index contributed by atoms with van der Waals surface area (Å²) in [5.74, 6) is 1.21. The first-order valence-electron chi connectivity index (χ1n) is 11.1. The van der Waals surface area contributed by atoms with Gasteiger partial charge in [0.1, 0.15) is 5.69 Å². The van der Waals surface area contributed by atoms with Crippen molar-refractivity contribution in [2.75, 3.05) is 38.8 Å². The molecule has 1 aliphatic heterocycles. The fourth-order valence-corrected chi connectivity index (χ4v) is 5.55. The van der Waals surface area contributed by atoms with Gasteiger partial charge in [0.15, 0.2) is 11.5 Å². The second kappa shape index (κ2) is 10.8. The van der Waals surface area contributed by atoms with Gasteiger partial charge in [0.2, 0.25) is 10.0 Å². The first-order valence-corrected chi connectivity index (χ1v) is 12.5. The summed E-state index contributed by atoms with van der Waals surface area (Å²) in [6, 6.07) is 9.63. The van der Waals surface area contributed by atoms with Crippen molar-refractivity contribution in [2.24, 2.45) is 0 Å². The highest BCUT2D eigenvalue weighted by Crippen LogP contribution is 2.34. The number of anilines is 1. The normalized spacial score (nSPS) is 15.0. The third kappa shape index (κ3) is 5.75. The largest absolute Gasteiger partial charge is 0.493 e. The van der Waals surface area contributed by atoms with Crippen LogP contribution < -0.4 is 14.4 Å². The molecule has 1 saturated heterocycles. The van der Waals surface area contributed by atoms with Gasteiger partial charge >= 0.3 is 0 Å². The molecule has 0 radical (unpaired) electrons. The average molecular weight is 478 g/mol. The van der Waals surface area contributed by atoms with Crippen LogP contribution in [0, 0.1) is 10.1 Å². The van der Waals surface area contributed by atoms with Gasteiger partial charge in [-0.1, -0.05) is 18.9 Å². The lowest BCUT2D eigenvalue weighted by Gasteiger charge is -2.22. The molecule has 9 nitrogen and oxygen atoms in total. The summed E-state index contributed by atoms with van der Waals surface area (Å²) in [7, 11) is -0.496. The molecule has 0 N–H and O–H groups in total. The van der Waals surface area contributed by atoms with Gasteiger partial charge in [0, 0.05) is 32.7 Å². The van der Waals surface area contributed by atoms with E-state index in [1.54, 1.807) is 25.1 Å². The zero-order valence-corrected chi connectivity index (χ0v) is 20.1. The maximum Gasteiger partial charge on any atom is 0.293 e. The highest BCUT2D eigenvalue weighted by molar-refractivity contribution is 7.89. The highest BCUT2D eigenvalue weighted by atomic mass is 32.2. The number of ether oxygens (including phenoxy) is 2. The molecule has 0 atom stereocenters. The van der Waals surface area contributed by atoms with E-state index in [-0.39, 0.29) is 10.6 Å². The second-order valence-electron chi connectivity index (χ2n) is 8.00. The minimum atomic E-state index is -3.78. The molecule has 2 aromatic rings. The molecule has 3 rings (SSSR count). The lowest BCUT2D eigenvalue weighted by molar-refractivity contribution is -0.384. The van der Waals surface area contributed by atoms with Crippen LogP contribution in [0.3, 0.4) is 0 Å². The smallest absolute Gasteiger partial charge is 0.293 e. The summed E-state index contributed by atoms with van der Waals surface area (Å²) in [6.45, 7) is 3.64. The van der Waals surface area contributed by atoms with Gasteiger partial charge in [-0.25, -0.2) is 8.42 Å². The summed E-state index contributed by atoms with van der Waals surface area (Å²) < 4.78 is 38.6. The Bertz CT molecular complexity index is 1080. The van der Waals surface area contributed by atoms with Gasteiger partial charge in [0.25, 0.3) is 5.69 Å². The Kier molecular flexibility index (Phi) is 8.15. The van der Waals surface area contributed by atoms with Gasteiger partial charge < -0.3 is 14.4 Å². The predicted octanol–water partition coefficient (Wildman–Crippen LogP) is 4.20. The number of nitro benzene ring substituents is 1. The van der Waals surface area contributed by atoms with Crippen LogP contribution >= 0.6 is 0 Å². The molecule has 0 aromatic heterocycles. The number of hydrogen-bond donors (Lipinski definition) is 0. The van der Waals surface area contributed by atoms with Gasteiger partial charge in [0.05, 0.1) is 23.5 Å². The maximum atomic E-state index is 13.1. The molecule has 0 aliphatic carbocycles. The molecule has 33 heavy (non-hydrogen) atoms. The fraction of sp³-hybridized carbons (Fsp3) is 0.478. The van der Waals surface area contributed by atoms with Crippen molar-refractivity contribution in [1.29, 1.82) is 0 Å². The third-order valence-corrected chi connectivity index (χ3v) is 7.60. The first-order chi connectivity index (χ1) is 15.8. The fourth-order valence-electron chi connectivity index (χ4n) is 4.01. The van der Waals surface area contributed by atoms with Crippen molar-refractivity contribution < 1.29 is 22.8 Å². The number of benzene rings is 2. The van der Waals surface area contributed by atoms with E-state index in [2.05, 4.69) is 0 Å². The number of nitrogens with zero attached hydrogens (tertiary/aromatic N) is 3. The Morgan fingerprint density at radius 3 is 2.36 bits per heavy atom. The topological polar surface area (TPSA) is 102 Å². The molecule has 0 spiro atoms. The summed E-state index contributed by atoms with van der Waals surface area (Å²) in [6.07, 6.45) is 3.58. The number of methoxy groups -OCH3 is 1. The van der Waals surface area contributed by atoms with Gasteiger partial charge in [-0.05, 0) is 49.6 Å². The number of hydrogen-bond acceptors (Lipinski definition) is 7. The Morgan fingerprint density at radius 1 is 1.06 bits per heavy atom. The number of sulfonamides is 1. The van der Waals surface area contributed by atoms with Crippen molar-refractivity contribution in [3.8, 4) is 11.5 Å². The van der Waals surface area contributed by atoms with E-state index >= 15 is 0 Å². The van der Waals surface area contributed by atoms with E-state index in [1.807, 2.05) is 19.1 Å². The standard InChI is InChI=1S/C23H31N3O6S/c1-4-32-22-12-9-18(15-23(22)31-3)17-24(2)20-11-10-19(16-21(20)26(27)28)33(29,30)25-13-7-5-6-8-14-25/h9-12,15-16H,4-8,13-14,17H2,1-3H3. The van der Waals surface area contributed by atoms with Crippen LogP contribution in [-0.4, -0.2) is 51.5 Å². The van der Waals surface area contributed by atoms with Crippen molar-refractivity contribution in [3.63, 3.8) is 0 Å². The molecule has 180 valence electrons. The molecule has 1 fully saturated rings. The average Bonchev–Trinajstić information content (AvgIpc) is 3.10. The second-order valence-corrected chi connectivity index (χ2v) is 9.94. The number of rotatable bonds is 9. The molecule has 1 aliphatic rings. The molecular weight excluding hydrogens is 446 g/mol. The van der Waals surface area contributed by atoms with E-state index in [0.717, 1.165) is 31.2 Å². The van der Waals surface area contributed by atoms with E-state index in [0.29, 0.717) is 43.4 Å². The van der Waals surface area contributed by atoms with Crippen LogP contribution in [0.1, 0.15) is 38.2 Å². The number of nitro groups is 1. The quantitative estimate of drug-likeness (QED) is 0.394. The monoisotopic (exact) mass is 477 g/mol. The molecule has 1 heterocycles. The summed E-state index contributed by atoms with van der Waals surface area (Å²) in [5.41, 5.74) is 0.960. The predicted molar refractivity (Wildman–Crippen MR) is 127 cm³/mol. The van der Waals surface area contributed by atoms with E-state index < -0.39 is 14.9 Å². The molecule has 0 amide bonds. The third-order valence-electron chi connectivity index (χ3n) is 5.71. The van der Waals surface area contributed by atoms with Crippen molar-refractivity contribution in [3.05, 3.63) is 52.1 Å². The molecular formula is C23H31N3O6S. The van der Waals surface area contributed by atoms with Gasteiger partial charge in [-0.2, -0.15) is 4.31 Å². The molecule has 10 heteroatoms. The van der Waals surface area contributed by atoms with Crippen LogP contribution in [0.4, 0.5) is 11.4 Å². The summed E-state index contributed by atoms with van der Waals surface area (Å²) in [4.78, 5) is 13.0. The van der Waals surface area contributed by atoms with Gasteiger partial charge in [-0.3, -0.25) is 10.1 Å². The molecule has 0 bridgehead atoms. The molecule has 0 saturated carbocycles. The Balaban J connectivity index is 1.88. The minimum absolute atomic E-state index is 0.0454. The minimum Gasteiger partial charge on any atom is -0.493 e. The van der Waals surface area contributed by atoms with Crippen molar-refractivity contribution in [2.45, 2.75) is 44.0 Å². The molecule has 2 aromatic carbocycles. The van der Waals surface area contributed by atoms with Crippen LogP contribution in [0.2, 0.25) is 0 Å². The Morgan fingerprint density at radius 2 is 1.76 bits per heavy atom. The highest BCUT2D eigenvalue weighted by Gasteiger charge is 2.28. The van der Waals surface area contributed by atoms with Gasteiger partial charge in [-0.15, -0.1) is 0 Å². The van der Waals surface area contributed by atoms with Crippen molar-refractivity contribution in [1.82, 2.24) is 4.31 Å². The van der Waals surface area contributed by atoms with Crippen LogP contribution in [0.15, 0.2) is 41.3 Å². The Hall–Kier alpha value is -2.85. The zero-order valence-electron chi connectivity index (χ0n) is 19.3. The lowest BCUT2D eigenvalue weighted by Crippen LogP contribution is -2.32. The lowest BCUT2D eigenvalue weighted by atomic mass is 10.1. The Labute approximate surface area is 195 Å². The molecule has 0 unspecified atom stereocenters. The van der Waals surface area contributed by atoms with E-state index in [1.165, 1.54) is 22.5 Å². The van der Waals surface area contributed by atoms with Crippen LogP contribution in [-0.2, 0) is 16.6 Å². The van der Waals surface area contributed by atoms with E-state index in [9.17, 15) is 18.5 Å². The van der Waals surface area contributed by atoms with E-state index in [4.69, 9.17) is 9.47 Å². The van der Waals surface area contributed by atoms with Crippen molar-refractivity contribution >= 4 is 21.4 Å². The SMILES string of the molecule is CCOc1ccc(CN(C)c2ccc(S(=O)(=O)N3CCCCCC3)cc2[N+](=O)[O-])cc1OC. The zero-order chi connectivity index (χ0) is 24.0. The maximum absolute atomic E-state index is 13.1.